The van der Waals surface area contributed by atoms with E-state index in [-0.39, 0.29) is 23.0 Å². The van der Waals surface area contributed by atoms with Crippen LogP contribution in [0.3, 0.4) is 0 Å². The zero-order chi connectivity index (χ0) is 26.5. The van der Waals surface area contributed by atoms with E-state index in [2.05, 4.69) is 5.32 Å². The molecule has 0 aliphatic carbocycles. The Balaban J connectivity index is 2.02. The first-order valence-electron chi connectivity index (χ1n) is 11.1. The molecule has 0 saturated carbocycles. The third-order valence-electron chi connectivity index (χ3n) is 5.66. The Labute approximate surface area is 221 Å². The number of hydrogen-bond donors (Lipinski definition) is 1. The standard InChI is InChI=1S/C26H27Cl2N3O4S/c1-18-7-13-24(14-8-18)36(34,35)31(23-11-9-21(27)10-12-23)17-25(32)30(19(2)26(33)29-3)16-20-5-4-6-22(28)15-20/h4-15,19H,16-17H2,1-3H3,(H,29,33)/t19-/m0/s1. The van der Waals surface area contributed by atoms with Crippen molar-refractivity contribution in [3.05, 3.63) is 94.0 Å². The van der Waals surface area contributed by atoms with Gasteiger partial charge < -0.3 is 10.2 Å². The number of carbonyl (C=O) groups is 2. The maximum absolute atomic E-state index is 13.7. The van der Waals surface area contributed by atoms with Crippen molar-refractivity contribution in [3.63, 3.8) is 0 Å². The van der Waals surface area contributed by atoms with Crippen LogP contribution in [0, 0.1) is 6.92 Å². The van der Waals surface area contributed by atoms with Gasteiger partial charge in [0.2, 0.25) is 11.8 Å². The number of carbonyl (C=O) groups excluding carboxylic acids is 2. The Kier molecular flexibility index (Phi) is 9.00. The van der Waals surface area contributed by atoms with Gasteiger partial charge in [-0.05, 0) is 67.9 Å². The molecular formula is C26H27Cl2N3O4S. The molecule has 0 saturated heterocycles. The Morgan fingerprint density at radius 2 is 1.58 bits per heavy atom. The van der Waals surface area contributed by atoms with E-state index in [0.717, 1.165) is 9.87 Å². The van der Waals surface area contributed by atoms with Crippen LogP contribution in [0.15, 0.2) is 77.7 Å². The largest absolute Gasteiger partial charge is 0.357 e. The number of amides is 2. The van der Waals surface area contributed by atoms with Gasteiger partial charge in [0.15, 0.2) is 0 Å². The van der Waals surface area contributed by atoms with Crippen molar-refractivity contribution >= 4 is 50.7 Å². The predicted molar refractivity (Wildman–Crippen MR) is 143 cm³/mol. The van der Waals surface area contributed by atoms with Gasteiger partial charge in [0.25, 0.3) is 10.0 Å². The van der Waals surface area contributed by atoms with Gasteiger partial charge >= 0.3 is 0 Å². The highest BCUT2D eigenvalue weighted by molar-refractivity contribution is 7.92. The van der Waals surface area contributed by atoms with Crippen LogP contribution in [0.4, 0.5) is 5.69 Å². The number of anilines is 1. The van der Waals surface area contributed by atoms with E-state index < -0.39 is 28.5 Å². The normalized spacial score (nSPS) is 12.0. The summed E-state index contributed by atoms with van der Waals surface area (Å²) in [5.74, 6) is -0.943. The average molecular weight is 548 g/mol. The molecule has 190 valence electrons. The molecule has 0 spiro atoms. The second-order valence-electron chi connectivity index (χ2n) is 8.24. The second-order valence-corrected chi connectivity index (χ2v) is 11.0. The van der Waals surface area contributed by atoms with Crippen molar-refractivity contribution in [1.29, 1.82) is 0 Å². The maximum atomic E-state index is 13.7. The Bertz CT molecular complexity index is 1330. The second kappa shape index (κ2) is 11.8. The monoisotopic (exact) mass is 547 g/mol. The highest BCUT2D eigenvalue weighted by Crippen LogP contribution is 2.26. The zero-order valence-corrected chi connectivity index (χ0v) is 22.4. The molecule has 0 heterocycles. The van der Waals surface area contributed by atoms with Crippen LogP contribution in [0.1, 0.15) is 18.1 Å². The molecule has 2 amide bonds. The minimum atomic E-state index is -4.12. The van der Waals surface area contributed by atoms with E-state index in [1.165, 1.54) is 36.2 Å². The van der Waals surface area contributed by atoms with Crippen molar-refractivity contribution < 1.29 is 18.0 Å². The number of likely N-dealkylation sites (N-methyl/N-ethyl adjacent to an activating group) is 1. The van der Waals surface area contributed by atoms with Gasteiger partial charge in [-0.1, -0.05) is 53.0 Å². The van der Waals surface area contributed by atoms with E-state index in [9.17, 15) is 18.0 Å². The molecule has 0 aliphatic heterocycles. The average Bonchev–Trinajstić information content (AvgIpc) is 2.85. The van der Waals surface area contributed by atoms with Crippen LogP contribution in [0.25, 0.3) is 0 Å². The highest BCUT2D eigenvalue weighted by atomic mass is 35.5. The lowest BCUT2D eigenvalue weighted by atomic mass is 10.1. The minimum absolute atomic E-state index is 0.0385. The van der Waals surface area contributed by atoms with Gasteiger partial charge in [-0.25, -0.2) is 8.42 Å². The van der Waals surface area contributed by atoms with Crippen molar-refractivity contribution in [1.82, 2.24) is 10.2 Å². The van der Waals surface area contributed by atoms with Crippen LogP contribution in [-0.2, 0) is 26.2 Å². The number of hydrogen-bond acceptors (Lipinski definition) is 4. The summed E-state index contributed by atoms with van der Waals surface area (Å²) < 4.78 is 28.4. The van der Waals surface area contributed by atoms with E-state index in [1.54, 1.807) is 55.5 Å². The number of aryl methyl sites for hydroxylation is 1. The molecule has 7 nitrogen and oxygen atoms in total. The predicted octanol–water partition coefficient (Wildman–Crippen LogP) is 4.66. The van der Waals surface area contributed by atoms with Gasteiger partial charge in [0.1, 0.15) is 12.6 Å². The van der Waals surface area contributed by atoms with Crippen LogP contribution >= 0.6 is 23.2 Å². The first-order chi connectivity index (χ1) is 17.0. The Morgan fingerprint density at radius 3 is 2.17 bits per heavy atom. The molecule has 0 radical (unpaired) electrons. The number of benzene rings is 3. The summed E-state index contributed by atoms with van der Waals surface area (Å²) in [6.45, 7) is 2.97. The van der Waals surface area contributed by atoms with E-state index in [0.29, 0.717) is 15.6 Å². The van der Waals surface area contributed by atoms with Gasteiger partial charge in [-0.2, -0.15) is 0 Å². The molecule has 0 bridgehead atoms. The van der Waals surface area contributed by atoms with E-state index >= 15 is 0 Å². The molecule has 3 rings (SSSR count). The van der Waals surface area contributed by atoms with Crippen molar-refractivity contribution in [2.75, 3.05) is 17.9 Å². The van der Waals surface area contributed by atoms with Crippen LogP contribution in [0.5, 0.6) is 0 Å². The summed E-state index contributed by atoms with van der Waals surface area (Å²) in [5.41, 5.74) is 1.87. The first kappa shape index (κ1) is 27.5. The highest BCUT2D eigenvalue weighted by Gasteiger charge is 2.32. The molecule has 10 heteroatoms. The summed E-state index contributed by atoms with van der Waals surface area (Å²) in [5, 5.41) is 3.45. The Morgan fingerprint density at radius 1 is 0.944 bits per heavy atom. The molecule has 0 unspecified atom stereocenters. The maximum Gasteiger partial charge on any atom is 0.264 e. The van der Waals surface area contributed by atoms with Gasteiger partial charge in [0.05, 0.1) is 10.6 Å². The molecular weight excluding hydrogens is 521 g/mol. The van der Waals surface area contributed by atoms with Crippen molar-refractivity contribution in [2.45, 2.75) is 31.3 Å². The molecule has 36 heavy (non-hydrogen) atoms. The van der Waals surface area contributed by atoms with Gasteiger partial charge in [-0.15, -0.1) is 0 Å². The van der Waals surface area contributed by atoms with Crippen LogP contribution in [0.2, 0.25) is 10.0 Å². The fourth-order valence-electron chi connectivity index (χ4n) is 3.60. The van der Waals surface area contributed by atoms with Crippen LogP contribution < -0.4 is 9.62 Å². The molecule has 0 fully saturated rings. The fraction of sp³-hybridized carbons (Fsp3) is 0.231. The lowest BCUT2D eigenvalue weighted by molar-refractivity contribution is -0.139. The smallest absolute Gasteiger partial charge is 0.264 e. The number of halogens is 2. The lowest BCUT2D eigenvalue weighted by Gasteiger charge is -2.31. The fourth-order valence-corrected chi connectivity index (χ4v) is 5.35. The first-order valence-corrected chi connectivity index (χ1v) is 13.3. The van der Waals surface area contributed by atoms with E-state index in [1.807, 2.05) is 6.92 Å². The zero-order valence-electron chi connectivity index (χ0n) is 20.1. The quantitative estimate of drug-likeness (QED) is 0.422. The third-order valence-corrected chi connectivity index (χ3v) is 7.93. The van der Waals surface area contributed by atoms with Gasteiger partial charge in [0, 0.05) is 23.6 Å². The van der Waals surface area contributed by atoms with Crippen molar-refractivity contribution in [2.24, 2.45) is 0 Å². The number of nitrogens with zero attached hydrogens (tertiary/aromatic N) is 2. The molecule has 0 aromatic heterocycles. The van der Waals surface area contributed by atoms with Gasteiger partial charge in [-0.3, -0.25) is 13.9 Å². The minimum Gasteiger partial charge on any atom is -0.357 e. The number of rotatable bonds is 9. The lowest BCUT2D eigenvalue weighted by Crippen LogP contribution is -2.50. The summed E-state index contributed by atoms with van der Waals surface area (Å²) in [4.78, 5) is 27.5. The Hall–Kier alpha value is -3.07. The van der Waals surface area contributed by atoms with Crippen LogP contribution in [-0.4, -0.2) is 44.8 Å². The number of sulfonamides is 1. The summed E-state index contributed by atoms with van der Waals surface area (Å²) >= 11 is 12.1. The molecule has 0 aliphatic rings. The SMILES string of the molecule is CNC(=O)[C@H](C)N(Cc1cccc(Cl)c1)C(=O)CN(c1ccc(Cl)cc1)S(=O)(=O)c1ccc(C)cc1. The molecule has 1 atom stereocenters. The molecule has 3 aromatic rings. The molecule has 1 N–H and O–H groups in total. The molecule has 3 aromatic carbocycles. The summed E-state index contributed by atoms with van der Waals surface area (Å²) in [6.07, 6.45) is 0. The number of nitrogens with one attached hydrogen (secondary N) is 1. The van der Waals surface area contributed by atoms with E-state index in [4.69, 9.17) is 23.2 Å². The van der Waals surface area contributed by atoms with Crippen molar-refractivity contribution in [3.8, 4) is 0 Å². The summed E-state index contributed by atoms with van der Waals surface area (Å²) in [6, 6.07) is 18.6. The third kappa shape index (κ3) is 6.57. The summed E-state index contributed by atoms with van der Waals surface area (Å²) in [7, 11) is -2.65. The topological polar surface area (TPSA) is 86.8 Å².